The SMILES string of the molecule is Cc1ccccc1C(=O)[C@]1(O)C[C@@H](N2CN(C)C(=O)NC2=O)O[C@@H]1C(=O)C(O)c1ccccc1C. The molecule has 4 atom stereocenters. The summed E-state index contributed by atoms with van der Waals surface area (Å²) < 4.78 is 5.84. The molecule has 2 fully saturated rings. The Morgan fingerprint density at radius 1 is 1.06 bits per heavy atom. The van der Waals surface area contributed by atoms with E-state index in [1.807, 2.05) is 0 Å². The number of amides is 4. The van der Waals surface area contributed by atoms with Crippen LogP contribution in [0.4, 0.5) is 9.59 Å². The lowest BCUT2D eigenvalue weighted by molar-refractivity contribution is -0.149. The van der Waals surface area contributed by atoms with E-state index >= 15 is 0 Å². The molecular formula is C25H27N3O7. The number of imide groups is 1. The molecular weight excluding hydrogens is 454 g/mol. The molecule has 4 amide bonds. The summed E-state index contributed by atoms with van der Waals surface area (Å²) in [5, 5.41) is 24.7. The highest BCUT2D eigenvalue weighted by atomic mass is 16.5. The molecule has 2 saturated heterocycles. The second kappa shape index (κ2) is 9.21. The van der Waals surface area contributed by atoms with E-state index < -0.39 is 54.1 Å². The van der Waals surface area contributed by atoms with Crippen molar-refractivity contribution in [1.82, 2.24) is 15.1 Å². The van der Waals surface area contributed by atoms with E-state index in [9.17, 15) is 29.4 Å². The van der Waals surface area contributed by atoms with E-state index in [0.29, 0.717) is 16.7 Å². The van der Waals surface area contributed by atoms with E-state index in [1.165, 1.54) is 18.0 Å². The third kappa shape index (κ3) is 4.31. The van der Waals surface area contributed by atoms with Gasteiger partial charge in [0.1, 0.15) is 19.0 Å². The Kier molecular flexibility index (Phi) is 6.46. The summed E-state index contributed by atoms with van der Waals surface area (Å²) in [5.74, 6) is -1.66. The molecule has 2 aliphatic heterocycles. The summed E-state index contributed by atoms with van der Waals surface area (Å²) in [6.07, 6.45) is -5.06. The van der Waals surface area contributed by atoms with Gasteiger partial charge in [-0.3, -0.25) is 19.8 Å². The lowest BCUT2D eigenvalue weighted by atomic mass is 9.81. The molecule has 0 aliphatic carbocycles. The standard InChI is InChI=1S/C25H27N3O7/c1-14-8-4-6-10-16(14)19(29)20(30)22-25(34,21(31)17-11-7-5-9-15(17)2)12-18(35-22)28-13-27(3)23(32)26-24(28)33/h4-11,18-19,22,29,34H,12-13H2,1-3H3,(H,26,32,33)/t18-,19?,22+,25+/m0/s1. The van der Waals surface area contributed by atoms with Crippen molar-refractivity contribution in [2.24, 2.45) is 0 Å². The highest BCUT2D eigenvalue weighted by molar-refractivity contribution is 6.08. The van der Waals surface area contributed by atoms with E-state index in [4.69, 9.17) is 4.74 Å². The summed E-state index contributed by atoms with van der Waals surface area (Å²) in [5.41, 5.74) is -0.625. The normalized spacial score (nSPS) is 25.4. The molecule has 2 aliphatic rings. The third-order valence-corrected chi connectivity index (χ3v) is 6.54. The van der Waals surface area contributed by atoms with Crippen LogP contribution in [0.5, 0.6) is 0 Å². The molecule has 0 bridgehead atoms. The number of Topliss-reactive ketones (excluding diaryl/α,β-unsaturated/α-hetero) is 2. The second-order valence-electron chi connectivity index (χ2n) is 8.95. The van der Waals surface area contributed by atoms with Gasteiger partial charge in [-0.2, -0.15) is 0 Å². The summed E-state index contributed by atoms with van der Waals surface area (Å²) >= 11 is 0. The van der Waals surface area contributed by atoms with Gasteiger partial charge in [0, 0.05) is 19.0 Å². The van der Waals surface area contributed by atoms with Gasteiger partial charge in [-0.05, 0) is 30.5 Å². The average molecular weight is 482 g/mol. The first-order valence-corrected chi connectivity index (χ1v) is 11.1. The maximum atomic E-state index is 13.6. The minimum Gasteiger partial charge on any atom is -0.380 e. The molecule has 10 nitrogen and oxygen atoms in total. The van der Waals surface area contributed by atoms with Crippen LogP contribution in [0, 0.1) is 13.8 Å². The smallest absolute Gasteiger partial charge is 0.328 e. The number of rotatable bonds is 6. The summed E-state index contributed by atoms with van der Waals surface area (Å²) in [4.78, 5) is 53.7. The molecule has 35 heavy (non-hydrogen) atoms. The molecule has 0 aromatic heterocycles. The Balaban J connectivity index is 1.72. The first kappa shape index (κ1) is 24.5. The van der Waals surface area contributed by atoms with Gasteiger partial charge in [0.2, 0.25) is 0 Å². The lowest BCUT2D eigenvalue weighted by Crippen LogP contribution is -2.60. The van der Waals surface area contributed by atoms with Gasteiger partial charge in [0.05, 0.1) is 0 Å². The van der Waals surface area contributed by atoms with Gasteiger partial charge >= 0.3 is 12.1 Å². The fourth-order valence-electron chi connectivity index (χ4n) is 4.48. The summed E-state index contributed by atoms with van der Waals surface area (Å²) in [7, 11) is 1.46. The molecule has 10 heteroatoms. The quantitative estimate of drug-likeness (QED) is 0.534. The molecule has 0 spiro atoms. The minimum atomic E-state index is -2.36. The number of nitrogens with zero attached hydrogens (tertiary/aromatic N) is 2. The second-order valence-corrected chi connectivity index (χ2v) is 8.95. The van der Waals surface area contributed by atoms with Crippen LogP contribution in [0.3, 0.4) is 0 Å². The number of ketones is 2. The van der Waals surface area contributed by atoms with E-state index in [0.717, 1.165) is 4.90 Å². The minimum absolute atomic E-state index is 0.175. The van der Waals surface area contributed by atoms with Gasteiger partial charge in [0.15, 0.2) is 23.3 Å². The Morgan fingerprint density at radius 2 is 1.69 bits per heavy atom. The molecule has 184 valence electrons. The fraction of sp³-hybridized carbons (Fsp3) is 0.360. The van der Waals surface area contributed by atoms with Gasteiger partial charge < -0.3 is 19.8 Å². The van der Waals surface area contributed by atoms with Crippen LogP contribution in [0.15, 0.2) is 48.5 Å². The maximum absolute atomic E-state index is 13.6. The van der Waals surface area contributed by atoms with Crippen molar-refractivity contribution in [3.8, 4) is 0 Å². The molecule has 0 saturated carbocycles. The summed E-state index contributed by atoms with van der Waals surface area (Å²) in [6, 6.07) is 11.9. The number of nitrogens with one attached hydrogen (secondary N) is 1. The van der Waals surface area contributed by atoms with E-state index in [2.05, 4.69) is 5.32 Å². The van der Waals surface area contributed by atoms with Crippen molar-refractivity contribution >= 4 is 23.6 Å². The molecule has 4 rings (SSSR count). The molecule has 3 N–H and O–H groups in total. The zero-order valence-corrected chi connectivity index (χ0v) is 19.6. The molecule has 1 unspecified atom stereocenters. The summed E-state index contributed by atoms with van der Waals surface area (Å²) in [6.45, 7) is 3.24. The van der Waals surface area contributed by atoms with Crippen LogP contribution in [0.25, 0.3) is 0 Å². The number of aryl methyl sites for hydroxylation is 2. The Bertz CT molecular complexity index is 1200. The number of ether oxygens (including phenoxy) is 1. The van der Waals surface area contributed by atoms with E-state index in [-0.39, 0.29) is 12.2 Å². The number of aliphatic hydroxyl groups excluding tert-OH is 1. The Hall–Kier alpha value is -3.60. The van der Waals surface area contributed by atoms with Crippen molar-refractivity contribution in [1.29, 1.82) is 0 Å². The van der Waals surface area contributed by atoms with Crippen LogP contribution in [-0.4, -0.2) is 75.3 Å². The first-order chi connectivity index (χ1) is 16.5. The largest absolute Gasteiger partial charge is 0.380 e. The Morgan fingerprint density at radius 3 is 2.34 bits per heavy atom. The predicted octanol–water partition coefficient (Wildman–Crippen LogP) is 1.67. The molecule has 2 aromatic carbocycles. The van der Waals surface area contributed by atoms with Crippen LogP contribution in [0.2, 0.25) is 0 Å². The first-order valence-electron chi connectivity index (χ1n) is 11.1. The molecule has 2 aromatic rings. The lowest BCUT2D eigenvalue weighted by Gasteiger charge is -2.36. The van der Waals surface area contributed by atoms with Gasteiger partial charge in [-0.15, -0.1) is 0 Å². The van der Waals surface area contributed by atoms with Crippen LogP contribution in [0.1, 0.15) is 39.6 Å². The van der Waals surface area contributed by atoms with Crippen molar-refractivity contribution in [3.63, 3.8) is 0 Å². The van der Waals surface area contributed by atoms with Crippen molar-refractivity contribution < 1.29 is 34.1 Å². The molecule has 0 radical (unpaired) electrons. The third-order valence-electron chi connectivity index (χ3n) is 6.54. The number of benzene rings is 2. The number of aliphatic hydroxyl groups is 2. The van der Waals surface area contributed by atoms with Crippen LogP contribution in [-0.2, 0) is 9.53 Å². The Labute approximate surface area is 202 Å². The number of carbonyl (C=O) groups excluding carboxylic acids is 4. The maximum Gasteiger partial charge on any atom is 0.328 e. The number of carbonyl (C=O) groups is 4. The number of urea groups is 2. The fourth-order valence-corrected chi connectivity index (χ4v) is 4.48. The van der Waals surface area contributed by atoms with Gasteiger partial charge in [-0.25, -0.2) is 9.59 Å². The van der Waals surface area contributed by atoms with E-state index in [1.54, 1.807) is 56.3 Å². The number of hydrogen-bond donors (Lipinski definition) is 3. The van der Waals surface area contributed by atoms with Crippen LogP contribution < -0.4 is 5.32 Å². The highest BCUT2D eigenvalue weighted by Crippen LogP contribution is 2.39. The topological polar surface area (TPSA) is 136 Å². The molecule has 2 heterocycles. The zero-order valence-electron chi connectivity index (χ0n) is 19.6. The predicted molar refractivity (Wildman–Crippen MR) is 123 cm³/mol. The highest BCUT2D eigenvalue weighted by Gasteiger charge is 2.59. The van der Waals surface area contributed by atoms with Gasteiger partial charge in [0.25, 0.3) is 0 Å². The van der Waals surface area contributed by atoms with Crippen molar-refractivity contribution in [2.75, 3.05) is 13.7 Å². The van der Waals surface area contributed by atoms with Crippen molar-refractivity contribution in [3.05, 3.63) is 70.8 Å². The average Bonchev–Trinajstić information content (AvgIpc) is 3.19. The monoisotopic (exact) mass is 481 g/mol. The van der Waals surface area contributed by atoms with Crippen LogP contribution >= 0.6 is 0 Å². The van der Waals surface area contributed by atoms with Gasteiger partial charge in [-0.1, -0.05) is 48.5 Å². The van der Waals surface area contributed by atoms with Crippen molar-refractivity contribution in [2.45, 2.75) is 44.3 Å². The zero-order chi connectivity index (χ0) is 25.5. The number of hydrogen-bond acceptors (Lipinski definition) is 7.